The lowest BCUT2D eigenvalue weighted by atomic mass is 9.84. The summed E-state index contributed by atoms with van der Waals surface area (Å²) < 4.78 is 0. The molecule has 49 heavy (non-hydrogen) atoms. The van der Waals surface area contributed by atoms with E-state index in [0.29, 0.717) is 21.7 Å². The lowest BCUT2D eigenvalue weighted by molar-refractivity contribution is 0.492. The average molecular weight is 689 g/mol. The number of halogens is 1. The summed E-state index contributed by atoms with van der Waals surface area (Å²) in [6.07, 6.45) is 26.3. The molecule has 1 heterocycles. The second-order valence-electron chi connectivity index (χ2n) is 19.2. The molecule has 1 aliphatic heterocycles. The molecule has 0 aromatic rings. The number of hydrogen-bond acceptors (Lipinski definition) is 1. The predicted octanol–water partition coefficient (Wildman–Crippen LogP) is 15.5. The SMILES string of the molecule is CC(C)(C)C1=C(Cl)C=CC1.CC(C)(C)C1=CC=CC1.CC1=C(C(C)(C)C)CC=C1.CC1=C(C(C)(C)C)CC=C1.CC1=NCC(C(C)(C)C)=C1. The molecule has 5 rings (SSSR count). The van der Waals surface area contributed by atoms with Gasteiger partial charge in [-0.2, -0.15) is 0 Å². The van der Waals surface area contributed by atoms with Crippen LogP contribution >= 0.6 is 11.6 Å². The van der Waals surface area contributed by atoms with E-state index in [-0.39, 0.29) is 5.41 Å². The van der Waals surface area contributed by atoms with E-state index in [0.717, 1.165) is 37.3 Å². The van der Waals surface area contributed by atoms with Gasteiger partial charge in [-0.05, 0) is 96.8 Å². The minimum Gasteiger partial charge on any atom is -0.286 e. The molecule has 0 atom stereocenters. The van der Waals surface area contributed by atoms with Crippen molar-refractivity contribution in [2.75, 3.05) is 6.54 Å². The Morgan fingerprint density at radius 1 is 0.490 bits per heavy atom. The zero-order chi connectivity index (χ0) is 38.0. The van der Waals surface area contributed by atoms with Crippen molar-refractivity contribution in [3.8, 4) is 0 Å². The molecule has 0 aromatic heterocycles. The molecule has 5 aliphatic rings. The molecular formula is C47H74ClN. The van der Waals surface area contributed by atoms with Crippen LogP contribution < -0.4 is 0 Å². The highest BCUT2D eigenvalue weighted by Crippen LogP contribution is 2.37. The average Bonchev–Trinajstić information content (AvgIpc) is 3.74. The standard InChI is InChI=1S/2C10H16.C9H13Cl.C9H15N.C9H14/c2*1-8-6-5-7-9(8)10(2,3)4;1-9(2,3)7-5-4-6-8(7)10;1-7-5-8(6-10-7)9(2,3)4;1-9(2,3)8-6-4-5-7-8/h2*5-6H,7H2,1-4H3;4,6H,5H2,1-3H3;5H,6H2,1-4H3;4-6H,7H2,1-3H3. The summed E-state index contributed by atoms with van der Waals surface area (Å²) in [7, 11) is 0. The summed E-state index contributed by atoms with van der Waals surface area (Å²) in [5.74, 6) is 0. The van der Waals surface area contributed by atoms with Crippen molar-refractivity contribution < 1.29 is 0 Å². The van der Waals surface area contributed by atoms with Gasteiger partial charge in [-0.3, -0.25) is 4.99 Å². The Balaban J connectivity index is 0.000000306. The Bertz CT molecular complexity index is 1320. The fourth-order valence-corrected chi connectivity index (χ4v) is 6.63. The number of allylic oxidation sites excluding steroid dienone is 17. The van der Waals surface area contributed by atoms with Crippen LogP contribution in [0.2, 0.25) is 0 Å². The van der Waals surface area contributed by atoms with Gasteiger partial charge >= 0.3 is 0 Å². The second kappa shape index (κ2) is 18.2. The summed E-state index contributed by atoms with van der Waals surface area (Å²) in [4.78, 5) is 4.31. The first kappa shape index (κ1) is 44.6. The van der Waals surface area contributed by atoms with Gasteiger partial charge in [-0.25, -0.2) is 0 Å². The summed E-state index contributed by atoms with van der Waals surface area (Å²) in [6, 6.07) is 0. The minimum atomic E-state index is 0.237. The first-order valence-electron chi connectivity index (χ1n) is 18.5. The number of rotatable bonds is 0. The highest BCUT2D eigenvalue weighted by molar-refractivity contribution is 6.32. The van der Waals surface area contributed by atoms with Crippen molar-refractivity contribution in [2.24, 2.45) is 32.1 Å². The summed E-state index contributed by atoms with van der Waals surface area (Å²) in [5, 5.41) is 0.938. The van der Waals surface area contributed by atoms with Gasteiger partial charge in [0.2, 0.25) is 0 Å². The van der Waals surface area contributed by atoms with Gasteiger partial charge in [0, 0.05) is 10.7 Å². The van der Waals surface area contributed by atoms with Gasteiger partial charge in [0.05, 0.1) is 6.54 Å². The molecular weight excluding hydrogens is 614 g/mol. The van der Waals surface area contributed by atoms with E-state index < -0.39 is 0 Å². The first-order valence-corrected chi connectivity index (χ1v) is 18.9. The van der Waals surface area contributed by atoms with Crippen LogP contribution in [-0.2, 0) is 0 Å². The number of hydrogen-bond donors (Lipinski definition) is 0. The molecule has 4 aliphatic carbocycles. The van der Waals surface area contributed by atoms with E-state index in [1.807, 2.05) is 6.08 Å². The summed E-state index contributed by atoms with van der Waals surface area (Å²) in [6.45, 7) is 41.1. The number of nitrogens with zero attached hydrogens (tertiary/aromatic N) is 1. The highest BCUT2D eigenvalue weighted by atomic mass is 35.5. The second-order valence-corrected chi connectivity index (χ2v) is 19.6. The lowest BCUT2D eigenvalue weighted by Crippen LogP contribution is -2.09. The fraction of sp³-hybridized carbons (Fsp3) is 0.596. The van der Waals surface area contributed by atoms with Gasteiger partial charge in [0.15, 0.2) is 0 Å². The van der Waals surface area contributed by atoms with E-state index in [2.05, 4.69) is 184 Å². The topological polar surface area (TPSA) is 12.4 Å². The van der Waals surface area contributed by atoms with Gasteiger partial charge in [-0.1, -0.05) is 192 Å². The Morgan fingerprint density at radius 2 is 0.898 bits per heavy atom. The van der Waals surface area contributed by atoms with Gasteiger partial charge in [-0.15, -0.1) is 0 Å². The van der Waals surface area contributed by atoms with Crippen LogP contribution in [0.4, 0.5) is 0 Å². The van der Waals surface area contributed by atoms with Crippen LogP contribution in [-0.4, -0.2) is 12.3 Å². The maximum absolute atomic E-state index is 5.96. The third kappa shape index (κ3) is 16.0. The monoisotopic (exact) mass is 688 g/mol. The predicted molar refractivity (Wildman–Crippen MR) is 225 cm³/mol. The quantitative estimate of drug-likeness (QED) is 0.240. The van der Waals surface area contributed by atoms with Crippen LogP contribution in [0.25, 0.3) is 0 Å². The van der Waals surface area contributed by atoms with E-state index in [4.69, 9.17) is 11.6 Å². The van der Waals surface area contributed by atoms with Crippen molar-refractivity contribution in [3.63, 3.8) is 0 Å². The molecule has 0 N–H and O–H groups in total. The van der Waals surface area contributed by atoms with Crippen LogP contribution in [0.3, 0.4) is 0 Å². The Morgan fingerprint density at radius 3 is 1.06 bits per heavy atom. The molecule has 0 spiro atoms. The van der Waals surface area contributed by atoms with Crippen LogP contribution in [0.1, 0.15) is 150 Å². The van der Waals surface area contributed by atoms with E-state index >= 15 is 0 Å². The van der Waals surface area contributed by atoms with Gasteiger partial charge < -0.3 is 0 Å². The minimum absolute atomic E-state index is 0.237. The molecule has 2 heteroatoms. The van der Waals surface area contributed by atoms with E-state index in [1.165, 1.54) is 28.0 Å². The zero-order valence-electron chi connectivity index (χ0n) is 35.1. The highest BCUT2D eigenvalue weighted by Gasteiger charge is 2.22. The molecule has 0 saturated heterocycles. The summed E-state index contributed by atoms with van der Waals surface area (Å²) >= 11 is 5.96. The molecule has 0 bridgehead atoms. The smallest absolute Gasteiger partial charge is 0.0611 e. The molecule has 0 radical (unpaired) electrons. The largest absolute Gasteiger partial charge is 0.286 e. The maximum Gasteiger partial charge on any atom is 0.0611 e. The van der Waals surface area contributed by atoms with Crippen molar-refractivity contribution in [1.29, 1.82) is 0 Å². The molecule has 0 saturated carbocycles. The van der Waals surface area contributed by atoms with Crippen LogP contribution in [0, 0.1) is 27.1 Å². The normalized spacial score (nSPS) is 18.7. The first-order chi connectivity index (χ1) is 22.2. The lowest BCUT2D eigenvalue weighted by Gasteiger charge is -2.21. The molecule has 1 nitrogen and oxygen atoms in total. The molecule has 0 unspecified atom stereocenters. The van der Waals surface area contributed by atoms with Crippen molar-refractivity contribution in [2.45, 2.75) is 150 Å². The third-order valence-corrected chi connectivity index (χ3v) is 9.86. The van der Waals surface area contributed by atoms with Crippen LogP contribution in [0.5, 0.6) is 0 Å². The third-order valence-electron chi connectivity index (χ3n) is 9.50. The van der Waals surface area contributed by atoms with Crippen molar-refractivity contribution >= 4 is 17.3 Å². The van der Waals surface area contributed by atoms with Gasteiger partial charge in [0.25, 0.3) is 0 Å². The van der Waals surface area contributed by atoms with Crippen molar-refractivity contribution in [3.05, 3.63) is 105 Å². The Labute approximate surface area is 310 Å². The fourth-order valence-electron chi connectivity index (χ4n) is 6.18. The zero-order valence-corrected chi connectivity index (χ0v) is 35.9. The molecule has 0 aromatic carbocycles. The molecule has 0 fully saturated rings. The van der Waals surface area contributed by atoms with Gasteiger partial charge in [0.1, 0.15) is 0 Å². The number of aliphatic imine (C=N–C) groups is 1. The summed E-state index contributed by atoms with van der Waals surface area (Å²) in [5.41, 5.74) is 13.3. The maximum atomic E-state index is 5.96. The van der Waals surface area contributed by atoms with Crippen LogP contribution in [0.15, 0.2) is 110 Å². The Hall–Kier alpha value is -2.38. The Kier molecular flexibility index (Phi) is 16.6. The van der Waals surface area contributed by atoms with Crippen molar-refractivity contribution in [1.82, 2.24) is 0 Å². The van der Waals surface area contributed by atoms with E-state index in [1.54, 1.807) is 16.7 Å². The van der Waals surface area contributed by atoms with E-state index in [9.17, 15) is 0 Å². The molecule has 0 amide bonds. The molecule has 274 valence electrons.